The minimum absolute atomic E-state index is 0.330. The first-order valence-electron chi connectivity index (χ1n) is 4.63. The summed E-state index contributed by atoms with van der Waals surface area (Å²) in [6.45, 7) is 9.05. The molecular weight excluding hydrogens is 164 g/mol. The van der Waals surface area contributed by atoms with Crippen molar-refractivity contribution in [2.24, 2.45) is 0 Å². The lowest BCUT2D eigenvalue weighted by molar-refractivity contribution is 0.604. The van der Waals surface area contributed by atoms with E-state index in [1.807, 2.05) is 11.3 Å². The molecule has 1 heteroatoms. The van der Waals surface area contributed by atoms with Crippen LogP contribution in [0.25, 0.3) is 0 Å². The van der Waals surface area contributed by atoms with E-state index in [1.54, 1.807) is 0 Å². The molecule has 1 aromatic heterocycles. The SMILES string of the molecule is CCCc1ccc(C(C)(C)C)s1. The average Bonchev–Trinajstić information content (AvgIpc) is 2.35. The van der Waals surface area contributed by atoms with Crippen LogP contribution < -0.4 is 0 Å². The van der Waals surface area contributed by atoms with E-state index >= 15 is 0 Å². The van der Waals surface area contributed by atoms with Crippen molar-refractivity contribution >= 4 is 11.3 Å². The van der Waals surface area contributed by atoms with Gasteiger partial charge in [0.15, 0.2) is 0 Å². The van der Waals surface area contributed by atoms with Gasteiger partial charge in [0.2, 0.25) is 0 Å². The van der Waals surface area contributed by atoms with Crippen LogP contribution in [0.1, 0.15) is 43.9 Å². The lowest BCUT2D eigenvalue weighted by Gasteiger charge is -2.15. The molecular formula is C11H18S. The summed E-state index contributed by atoms with van der Waals surface area (Å²) >= 11 is 1.96. The van der Waals surface area contributed by atoms with Crippen LogP contribution >= 0.6 is 11.3 Å². The molecule has 1 rings (SSSR count). The first kappa shape index (κ1) is 9.79. The van der Waals surface area contributed by atoms with Crippen LogP contribution in [-0.4, -0.2) is 0 Å². The van der Waals surface area contributed by atoms with E-state index in [0.29, 0.717) is 5.41 Å². The minimum Gasteiger partial charge on any atom is -0.145 e. The quantitative estimate of drug-likeness (QED) is 0.648. The highest BCUT2D eigenvalue weighted by Gasteiger charge is 2.15. The highest BCUT2D eigenvalue weighted by molar-refractivity contribution is 7.12. The lowest BCUT2D eigenvalue weighted by Crippen LogP contribution is -2.07. The van der Waals surface area contributed by atoms with Crippen molar-refractivity contribution in [1.29, 1.82) is 0 Å². The van der Waals surface area contributed by atoms with Gasteiger partial charge in [-0.15, -0.1) is 11.3 Å². The summed E-state index contributed by atoms with van der Waals surface area (Å²) in [5, 5.41) is 0. The second kappa shape index (κ2) is 3.61. The van der Waals surface area contributed by atoms with Gasteiger partial charge in [-0.05, 0) is 24.0 Å². The van der Waals surface area contributed by atoms with Crippen molar-refractivity contribution in [2.75, 3.05) is 0 Å². The Labute approximate surface area is 79.6 Å². The molecule has 0 bridgehead atoms. The zero-order valence-corrected chi connectivity index (χ0v) is 9.29. The zero-order chi connectivity index (χ0) is 9.19. The van der Waals surface area contributed by atoms with Crippen LogP contribution in [-0.2, 0) is 11.8 Å². The number of rotatable bonds is 2. The standard InChI is InChI=1S/C11H18S/c1-5-6-9-7-8-10(12-9)11(2,3)4/h7-8H,5-6H2,1-4H3. The van der Waals surface area contributed by atoms with Crippen molar-refractivity contribution in [3.63, 3.8) is 0 Å². The number of thiophene rings is 1. The topological polar surface area (TPSA) is 0 Å². The van der Waals surface area contributed by atoms with Crippen molar-refractivity contribution in [2.45, 2.75) is 46.0 Å². The molecule has 0 amide bonds. The molecule has 0 saturated heterocycles. The van der Waals surface area contributed by atoms with Crippen molar-refractivity contribution in [3.8, 4) is 0 Å². The van der Waals surface area contributed by atoms with E-state index in [1.165, 1.54) is 22.6 Å². The molecule has 1 aromatic rings. The maximum absolute atomic E-state index is 2.27. The Morgan fingerprint density at radius 2 is 1.92 bits per heavy atom. The van der Waals surface area contributed by atoms with Gasteiger partial charge in [0.05, 0.1) is 0 Å². The fourth-order valence-electron chi connectivity index (χ4n) is 1.16. The highest BCUT2D eigenvalue weighted by Crippen LogP contribution is 2.29. The lowest BCUT2D eigenvalue weighted by atomic mass is 9.95. The normalized spacial score (nSPS) is 12.0. The van der Waals surface area contributed by atoms with Crippen LogP contribution in [0.3, 0.4) is 0 Å². The summed E-state index contributed by atoms with van der Waals surface area (Å²) in [6.07, 6.45) is 2.49. The maximum Gasteiger partial charge on any atom is 0.0102 e. The zero-order valence-electron chi connectivity index (χ0n) is 8.48. The predicted octanol–water partition coefficient (Wildman–Crippen LogP) is 4.00. The number of hydrogen-bond acceptors (Lipinski definition) is 1. The summed E-state index contributed by atoms with van der Waals surface area (Å²) in [6, 6.07) is 4.55. The first-order chi connectivity index (χ1) is 5.54. The molecule has 0 fully saturated rings. The Morgan fingerprint density at radius 3 is 2.33 bits per heavy atom. The van der Waals surface area contributed by atoms with Crippen molar-refractivity contribution < 1.29 is 0 Å². The van der Waals surface area contributed by atoms with Crippen LogP contribution in [0.2, 0.25) is 0 Å². The van der Waals surface area contributed by atoms with E-state index in [4.69, 9.17) is 0 Å². The third-order valence-electron chi connectivity index (χ3n) is 1.90. The van der Waals surface area contributed by atoms with E-state index < -0.39 is 0 Å². The molecule has 0 unspecified atom stereocenters. The average molecular weight is 182 g/mol. The van der Waals surface area contributed by atoms with Gasteiger partial charge in [0, 0.05) is 9.75 Å². The van der Waals surface area contributed by atoms with Gasteiger partial charge in [-0.2, -0.15) is 0 Å². The van der Waals surface area contributed by atoms with Gasteiger partial charge >= 0.3 is 0 Å². The van der Waals surface area contributed by atoms with Crippen LogP contribution in [0.5, 0.6) is 0 Å². The van der Waals surface area contributed by atoms with Gasteiger partial charge in [-0.1, -0.05) is 34.1 Å². The predicted molar refractivity (Wildman–Crippen MR) is 57.0 cm³/mol. The Kier molecular flexibility index (Phi) is 2.94. The molecule has 0 aliphatic heterocycles. The van der Waals surface area contributed by atoms with Crippen LogP contribution in [0, 0.1) is 0 Å². The fourth-order valence-corrected chi connectivity index (χ4v) is 2.33. The molecule has 0 nitrogen and oxygen atoms in total. The monoisotopic (exact) mass is 182 g/mol. The molecule has 0 spiro atoms. The number of hydrogen-bond donors (Lipinski definition) is 0. The summed E-state index contributed by atoms with van der Waals surface area (Å²) in [7, 11) is 0. The summed E-state index contributed by atoms with van der Waals surface area (Å²) in [4.78, 5) is 3.04. The Hall–Kier alpha value is -0.300. The van der Waals surface area contributed by atoms with E-state index in [2.05, 4.69) is 39.8 Å². The fraction of sp³-hybridized carbons (Fsp3) is 0.636. The van der Waals surface area contributed by atoms with Gasteiger partial charge in [0.25, 0.3) is 0 Å². The summed E-state index contributed by atoms with van der Waals surface area (Å²) in [5.41, 5.74) is 0.330. The molecule has 68 valence electrons. The smallest absolute Gasteiger partial charge is 0.0102 e. The highest BCUT2D eigenvalue weighted by atomic mass is 32.1. The molecule has 0 aliphatic rings. The largest absolute Gasteiger partial charge is 0.145 e. The molecule has 0 atom stereocenters. The maximum atomic E-state index is 2.27. The summed E-state index contributed by atoms with van der Waals surface area (Å²) in [5.74, 6) is 0. The van der Waals surface area contributed by atoms with Crippen molar-refractivity contribution in [1.82, 2.24) is 0 Å². The Morgan fingerprint density at radius 1 is 1.25 bits per heavy atom. The minimum atomic E-state index is 0.330. The molecule has 0 saturated carbocycles. The van der Waals surface area contributed by atoms with E-state index in [9.17, 15) is 0 Å². The Bertz CT molecular complexity index is 240. The van der Waals surface area contributed by atoms with Crippen molar-refractivity contribution in [3.05, 3.63) is 21.9 Å². The van der Waals surface area contributed by atoms with E-state index in [0.717, 1.165) is 0 Å². The molecule has 0 aromatic carbocycles. The van der Waals surface area contributed by atoms with Crippen LogP contribution in [0.15, 0.2) is 12.1 Å². The molecule has 12 heavy (non-hydrogen) atoms. The van der Waals surface area contributed by atoms with E-state index in [-0.39, 0.29) is 0 Å². The molecule has 0 aliphatic carbocycles. The van der Waals surface area contributed by atoms with Gasteiger partial charge < -0.3 is 0 Å². The second-order valence-corrected chi connectivity index (χ2v) is 5.43. The van der Waals surface area contributed by atoms with Gasteiger partial charge in [0.1, 0.15) is 0 Å². The van der Waals surface area contributed by atoms with Gasteiger partial charge in [-0.25, -0.2) is 0 Å². The molecule has 1 heterocycles. The Balaban J connectivity index is 2.77. The molecule has 0 N–H and O–H groups in total. The third-order valence-corrected chi connectivity index (χ3v) is 3.47. The first-order valence-corrected chi connectivity index (χ1v) is 5.45. The third kappa shape index (κ3) is 2.34. The second-order valence-electron chi connectivity index (χ2n) is 4.27. The summed E-state index contributed by atoms with van der Waals surface area (Å²) < 4.78 is 0. The van der Waals surface area contributed by atoms with Gasteiger partial charge in [-0.3, -0.25) is 0 Å². The molecule has 0 radical (unpaired) electrons. The van der Waals surface area contributed by atoms with Crippen LogP contribution in [0.4, 0.5) is 0 Å². The number of aryl methyl sites for hydroxylation is 1.